The molecule has 152 valence electrons. The standard InChI is InChI=1S/C17H25N3O2.H3O4P/c18-9-14-2-1-3-20(14)15(21)10-19-16-5-12-4-13(6-16)8-17(22,7-12)11-16;1-5(2,3)4/h12-14,19,22H,1-8,10-11H2;(H3,1,2,3,4)/t12?,13?,14-,16?,17?;/m0./s1. The maximum Gasteiger partial charge on any atom is 0.466 e. The lowest BCUT2D eigenvalue weighted by atomic mass is 9.51. The minimum absolute atomic E-state index is 0.0453. The van der Waals surface area contributed by atoms with Gasteiger partial charge in [0, 0.05) is 12.1 Å². The lowest BCUT2D eigenvalue weighted by molar-refractivity contribution is -0.147. The molecular formula is C17H28N3O6P. The number of hydrogen-bond donors (Lipinski definition) is 5. The van der Waals surface area contributed by atoms with Crippen molar-refractivity contribution in [2.24, 2.45) is 11.8 Å². The zero-order valence-electron chi connectivity index (χ0n) is 15.3. The number of aliphatic hydroxyl groups is 1. The second-order valence-electron chi connectivity index (χ2n) is 8.71. The molecule has 0 radical (unpaired) electrons. The average molecular weight is 401 g/mol. The molecule has 9 nitrogen and oxygen atoms in total. The SMILES string of the molecule is N#C[C@@H]1CCCN1C(=O)CNC12CC3CC(CC(O)(C3)C1)C2.O=P(O)(O)O. The fourth-order valence-corrected chi connectivity index (χ4v) is 5.99. The third kappa shape index (κ3) is 5.08. The highest BCUT2D eigenvalue weighted by atomic mass is 31.2. The predicted molar refractivity (Wildman–Crippen MR) is 95.0 cm³/mol. The quantitative estimate of drug-likeness (QED) is 0.422. The summed E-state index contributed by atoms with van der Waals surface area (Å²) in [4.78, 5) is 35.7. The molecule has 5 fully saturated rings. The van der Waals surface area contributed by atoms with Crippen molar-refractivity contribution >= 4 is 13.7 Å². The summed E-state index contributed by atoms with van der Waals surface area (Å²) in [5.41, 5.74) is -0.542. The summed E-state index contributed by atoms with van der Waals surface area (Å²) >= 11 is 0. The molecule has 1 aliphatic heterocycles. The third-order valence-electron chi connectivity index (χ3n) is 6.37. The van der Waals surface area contributed by atoms with Gasteiger partial charge in [-0.05, 0) is 63.2 Å². The molecule has 4 bridgehead atoms. The summed E-state index contributed by atoms with van der Waals surface area (Å²) < 4.78 is 8.88. The van der Waals surface area contributed by atoms with Crippen molar-refractivity contribution in [3.63, 3.8) is 0 Å². The first-order chi connectivity index (χ1) is 12.5. The van der Waals surface area contributed by atoms with Gasteiger partial charge < -0.3 is 30.0 Å². The highest BCUT2D eigenvalue weighted by Crippen LogP contribution is 2.57. The van der Waals surface area contributed by atoms with E-state index in [1.807, 2.05) is 0 Å². The maximum absolute atomic E-state index is 12.4. The van der Waals surface area contributed by atoms with Gasteiger partial charge in [-0.15, -0.1) is 0 Å². The number of nitriles is 1. The number of amides is 1. The third-order valence-corrected chi connectivity index (χ3v) is 6.37. The van der Waals surface area contributed by atoms with Crippen LogP contribution in [0, 0.1) is 23.2 Å². The molecular weight excluding hydrogens is 373 g/mol. The lowest BCUT2D eigenvalue weighted by Crippen LogP contribution is -2.65. The van der Waals surface area contributed by atoms with Gasteiger partial charge in [0.25, 0.3) is 0 Å². The number of rotatable bonds is 3. The van der Waals surface area contributed by atoms with Crippen LogP contribution in [0.1, 0.15) is 51.4 Å². The molecule has 1 saturated heterocycles. The molecule has 0 aromatic heterocycles. The molecule has 4 saturated carbocycles. The fraction of sp³-hybridized carbons (Fsp3) is 0.882. The second kappa shape index (κ2) is 7.43. The van der Waals surface area contributed by atoms with Gasteiger partial charge in [-0.2, -0.15) is 5.26 Å². The predicted octanol–water partition coefficient (Wildman–Crippen LogP) is 0.246. The van der Waals surface area contributed by atoms with Gasteiger partial charge in [-0.3, -0.25) is 4.79 Å². The Morgan fingerprint density at radius 1 is 1.22 bits per heavy atom. The van der Waals surface area contributed by atoms with Crippen molar-refractivity contribution in [1.29, 1.82) is 5.26 Å². The number of carbonyl (C=O) groups excluding carboxylic acids is 1. The fourth-order valence-electron chi connectivity index (χ4n) is 5.99. The zero-order valence-corrected chi connectivity index (χ0v) is 16.1. The van der Waals surface area contributed by atoms with Crippen molar-refractivity contribution in [1.82, 2.24) is 10.2 Å². The Balaban J connectivity index is 0.000000376. The van der Waals surface area contributed by atoms with Crippen molar-refractivity contribution in [3.8, 4) is 6.07 Å². The molecule has 1 heterocycles. The van der Waals surface area contributed by atoms with E-state index in [2.05, 4.69) is 11.4 Å². The highest BCUT2D eigenvalue weighted by Gasteiger charge is 2.57. The first kappa shape index (κ1) is 20.7. The molecule has 5 aliphatic rings. The van der Waals surface area contributed by atoms with Crippen molar-refractivity contribution in [2.75, 3.05) is 13.1 Å². The van der Waals surface area contributed by atoms with E-state index in [9.17, 15) is 9.90 Å². The monoisotopic (exact) mass is 401 g/mol. The smallest absolute Gasteiger partial charge is 0.390 e. The van der Waals surface area contributed by atoms with Gasteiger partial charge in [0.05, 0.1) is 18.2 Å². The Morgan fingerprint density at radius 2 is 1.81 bits per heavy atom. The Labute approximate surface area is 158 Å². The summed E-state index contributed by atoms with van der Waals surface area (Å²) in [5, 5.41) is 23.4. The van der Waals surface area contributed by atoms with E-state index in [1.54, 1.807) is 4.90 Å². The van der Waals surface area contributed by atoms with Gasteiger partial charge in [-0.25, -0.2) is 4.57 Å². The van der Waals surface area contributed by atoms with Crippen LogP contribution in [0.15, 0.2) is 0 Å². The number of nitrogens with one attached hydrogen (secondary N) is 1. The second-order valence-corrected chi connectivity index (χ2v) is 9.73. The molecule has 27 heavy (non-hydrogen) atoms. The summed E-state index contributed by atoms with van der Waals surface area (Å²) in [6.45, 7) is 1.02. The van der Waals surface area contributed by atoms with Crippen LogP contribution >= 0.6 is 7.82 Å². The molecule has 2 unspecified atom stereocenters. The summed E-state index contributed by atoms with van der Waals surface area (Å²) in [6.07, 6.45) is 7.87. The molecule has 10 heteroatoms. The van der Waals surface area contributed by atoms with Crippen LogP contribution in [-0.2, 0) is 9.36 Å². The lowest BCUT2D eigenvalue weighted by Gasteiger charge is -2.60. The van der Waals surface area contributed by atoms with Crippen LogP contribution in [0.3, 0.4) is 0 Å². The van der Waals surface area contributed by atoms with Gasteiger partial charge >= 0.3 is 7.82 Å². The van der Waals surface area contributed by atoms with Crippen molar-refractivity contribution < 1.29 is 29.1 Å². The maximum atomic E-state index is 12.4. The number of carbonyl (C=O) groups is 1. The van der Waals surface area contributed by atoms with Crippen molar-refractivity contribution in [2.45, 2.75) is 68.5 Å². The molecule has 0 aromatic carbocycles. The molecule has 5 rings (SSSR count). The first-order valence-corrected chi connectivity index (χ1v) is 11.0. The van der Waals surface area contributed by atoms with E-state index >= 15 is 0 Å². The summed E-state index contributed by atoms with van der Waals surface area (Å²) in [5.74, 6) is 1.28. The molecule has 4 aliphatic carbocycles. The summed E-state index contributed by atoms with van der Waals surface area (Å²) in [7, 11) is -4.64. The van der Waals surface area contributed by atoms with E-state index in [1.165, 1.54) is 6.42 Å². The molecule has 0 spiro atoms. The Hall–Kier alpha value is -1.01. The zero-order chi connectivity index (χ0) is 19.9. The van der Waals surface area contributed by atoms with Gasteiger partial charge in [0.2, 0.25) is 5.91 Å². The van der Waals surface area contributed by atoms with Crippen LogP contribution < -0.4 is 5.32 Å². The normalized spacial score (nSPS) is 39.7. The van der Waals surface area contributed by atoms with E-state index in [4.69, 9.17) is 24.5 Å². The first-order valence-electron chi connectivity index (χ1n) is 9.46. The molecule has 1 amide bonds. The molecule has 3 atom stereocenters. The highest BCUT2D eigenvalue weighted by molar-refractivity contribution is 7.45. The van der Waals surface area contributed by atoms with Gasteiger partial charge in [-0.1, -0.05) is 0 Å². The van der Waals surface area contributed by atoms with Crippen molar-refractivity contribution in [3.05, 3.63) is 0 Å². The van der Waals surface area contributed by atoms with Crippen LogP contribution in [-0.4, -0.2) is 60.9 Å². The van der Waals surface area contributed by atoms with E-state index in [-0.39, 0.29) is 17.5 Å². The number of hydrogen-bond acceptors (Lipinski definition) is 5. The molecule has 0 aromatic rings. The van der Waals surface area contributed by atoms with E-state index in [0.29, 0.717) is 24.9 Å². The van der Waals surface area contributed by atoms with Crippen LogP contribution in [0.2, 0.25) is 0 Å². The number of phosphoric acid groups is 1. The Bertz CT molecular complexity index is 652. The van der Waals surface area contributed by atoms with Crippen LogP contribution in [0.25, 0.3) is 0 Å². The Morgan fingerprint density at radius 3 is 2.33 bits per heavy atom. The van der Waals surface area contributed by atoms with E-state index in [0.717, 1.165) is 44.9 Å². The largest absolute Gasteiger partial charge is 0.466 e. The summed E-state index contributed by atoms with van der Waals surface area (Å²) in [6, 6.07) is 1.99. The topological polar surface area (TPSA) is 154 Å². The Kier molecular flexibility index (Phi) is 5.70. The number of nitrogens with zero attached hydrogens (tertiary/aromatic N) is 2. The van der Waals surface area contributed by atoms with Gasteiger partial charge in [0.15, 0.2) is 0 Å². The average Bonchev–Trinajstić information content (AvgIpc) is 2.97. The minimum atomic E-state index is -4.64. The molecule has 5 N–H and O–H groups in total. The van der Waals surface area contributed by atoms with Gasteiger partial charge in [0.1, 0.15) is 6.04 Å². The number of likely N-dealkylation sites (tertiary alicyclic amines) is 1. The van der Waals surface area contributed by atoms with Crippen LogP contribution in [0.4, 0.5) is 0 Å². The van der Waals surface area contributed by atoms with E-state index < -0.39 is 13.4 Å². The minimum Gasteiger partial charge on any atom is -0.390 e. The van der Waals surface area contributed by atoms with Crippen LogP contribution in [0.5, 0.6) is 0 Å².